The van der Waals surface area contributed by atoms with Gasteiger partial charge < -0.3 is 15.8 Å². The van der Waals surface area contributed by atoms with E-state index >= 15 is 0 Å². The number of aromatic nitrogens is 2. The van der Waals surface area contributed by atoms with Gasteiger partial charge in [0.15, 0.2) is 17.3 Å². The van der Waals surface area contributed by atoms with Crippen LogP contribution in [0.2, 0.25) is 5.02 Å². The molecular weight excluding hydrogens is 516 g/mol. The van der Waals surface area contributed by atoms with Gasteiger partial charge in [0.25, 0.3) is 11.5 Å². The average Bonchev–Trinajstić information content (AvgIpc) is 2.86. The standard InChI is InChI=1S/C25H17ClF4N4O3/c26-22-20(9-10-32-23(22)31)37-19-7-6-16(11-18(19)27)34-13-15(5-8-21(34)35)24(36)33-12-14-3-1-2-4-17(14)25(28,29)30/h1-11,13H,12H2,(H2,31,32)(H,33,36). The van der Waals surface area contributed by atoms with Crippen molar-refractivity contribution in [2.24, 2.45) is 0 Å². The maximum atomic E-state index is 14.8. The summed E-state index contributed by atoms with van der Waals surface area (Å²) < 4.78 is 60.8. The number of hydrogen-bond donors (Lipinski definition) is 2. The Kier molecular flexibility index (Phi) is 7.16. The number of amides is 1. The third-order valence-electron chi connectivity index (χ3n) is 5.23. The summed E-state index contributed by atoms with van der Waals surface area (Å²) in [4.78, 5) is 28.8. The molecule has 4 aromatic rings. The van der Waals surface area contributed by atoms with E-state index in [1.54, 1.807) is 0 Å². The molecule has 1 amide bonds. The van der Waals surface area contributed by atoms with Crippen molar-refractivity contribution >= 4 is 23.3 Å². The molecule has 0 unspecified atom stereocenters. The molecule has 2 aromatic heterocycles. The van der Waals surface area contributed by atoms with Crippen LogP contribution in [-0.4, -0.2) is 15.5 Å². The number of alkyl halides is 3. The Labute approximate surface area is 212 Å². The largest absolute Gasteiger partial charge is 0.453 e. The molecule has 0 aliphatic heterocycles. The van der Waals surface area contributed by atoms with Crippen molar-refractivity contribution in [3.05, 3.63) is 111 Å². The lowest BCUT2D eigenvalue weighted by atomic mass is 10.1. The average molecular weight is 533 g/mol. The van der Waals surface area contributed by atoms with Crippen molar-refractivity contribution in [2.45, 2.75) is 12.7 Å². The monoisotopic (exact) mass is 532 g/mol. The maximum absolute atomic E-state index is 14.8. The van der Waals surface area contributed by atoms with E-state index in [4.69, 9.17) is 22.1 Å². The molecule has 0 radical (unpaired) electrons. The van der Waals surface area contributed by atoms with Crippen molar-refractivity contribution in [2.75, 3.05) is 5.73 Å². The second-order valence-corrected chi connectivity index (χ2v) is 8.07. The zero-order valence-corrected chi connectivity index (χ0v) is 19.5. The number of ether oxygens (including phenoxy) is 1. The number of nitrogen functional groups attached to an aromatic ring is 1. The Morgan fingerprint density at radius 3 is 2.57 bits per heavy atom. The van der Waals surface area contributed by atoms with Crippen molar-refractivity contribution in [3.63, 3.8) is 0 Å². The highest BCUT2D eigenvalue weighted by molar-refractivity contribution is 6.34. The van der Waals surface area contributed by atoms with Gasteiger partial charge in [-0.25, -0.2) is 9.37 Å². The minimum atomic E-state index is -4.58. The Morgan fingerprint density at radius 2 is 1.84 bits per heavy atom. The van der Waals surface area contributed by atoms with Crippen LogP contribution in [0.3, 0.4) is 0 Å². The van der Waals surface area contributed by atoms with Gasteiger partial charge in [-0.3, -0.25) is 14.2 Å². The zero-order valence-electron chi connectivity index (χ0n) is 18.7. The number of carbonyl (C=O) groups excluding carboxylic acids is 1. The zero-order chi connectivity index (χ0) is 26.7. The molecule has 0 spiro atoms. The Bertz CT molecular complexity index is 1540. The number of nitrogens with two attached hydrogens (primary N) is 1. The van der Waals surface area contributed by atoms with E-state index < -0.39 is 35.6 Å². The first-order chi connectivity index (χ1) is 17.5. The van der Waals surface area contributed by atoms with Crippen LogP contribution in [0.4, 0.5) is 23.4 Å². The van der Waals surface area contributed by atoms with E-state index in [0.29, 0.717) is 0 Å². The summed E-state index contributed by atoms with van der Waals surface area (Å²) in [5.74, 6) is -1.70. The normalized spacial score (nSPS) is 11.3. The summed E-state index contributed by atoms with van der Waals surface area (Å²) in [7, 11) is 0. The van der Waals surface area contributed by atoms with Gasteiger partial charge in [-0.2, -0.15) is 13.2 Å². The fourth-order valence-electron chi connectivity index (χ4n) is 3.41. The molecule has 4 rings (SSSR count). The Morgan fingerprint density at radius 1 is 1.08 bits per heavy atom. The molecule has 7 nitrogen and oxygen atoms in total. The number of rotatable bonds is 6. The fraction of sp³-hybridized carbons (Fsp3) is 0.0800. The van der Waals surface area contributed by atoms with Crippen molar-refractivity contribution in [1.82, 2.24) is 14.9 Å². The molecule has 0 bridgehead atoms. The third kappa shape index (κ3) is 5.72. The summed E-state index contributed by atoms with van der Waals surface area (Å²) >= 11 is 6.01. The highest BCUT2D eigenvalue weighted by atomic mass is 35.5. The summed E-state index contributed by atoms with van der Waals surface area (Å²) in [6, 6.07) is 12.2. The van der Waals surface area contributed by atoms with E-state index in [2.05, 4.69) is 10.3 Å². The molecule has 0 aliphatic carbocycles. The van der Waals surface area contributed by atoms with Crippen LogP contribution in [0.25, 0.3) is 5.69 Å². The molecule has 0 aliphatic rings. The molecule has 12 heteroatoms. The SMILES string of the molecule is Nc1nccc(Oc2ccc(-n3cc(C(=O)NCc4ccccc4C(F)(F)F)ccc3=O)cc2F)c1Cl. The van der Waals surface area contributed by atoms with Gasteiger partial charge in [-0.05, 0) is 29.8 Å². The number of anilines is 1. The van der Waals surface area contributed by atoms with E-state index in [0.717, 1.165) is 29.0 Å². The van der Waals surface area contributed by atoms with E-state index in [1.165, 1.54) is 48.7 Å². The molecule has 0 atom stereocenters. The predicted molar refractivity (Wildman–Crippen MR) is 128 cm³/mol. The quantitative estimate of drug-likeness (QED) is 0.326. The number of benzene rings is 2. The highest BCUT2D eigenvalue weighted by Gasteiger charge is 2.32. The number of pyridine rings is 2. The second kappa shape index (κ2) is 10.3. The van der Waals surface area contributed by atoms with Crippen LogP contribution in [0.5, 0.6) is 11.5 Å². The molecule has 0 saturated heterocycles. The smallest absolute Gasteiger partial charge is 0.416 e. The van der Waals surface area contributed by atoms with Crippen molar-refractivity contribution in [3.8, 4) is 17.2 Å². The van der Waals surface area contributed by atoms with Gasteiger partial charge in [-0.15, -0.1) is 0 Å². The van der Waals surface area contributed by atoms with Crippen LogP contribution in [0.1, 0.15) is 21.5 Å². The summed E-state index contributed by atoms with van der Waals surface area (Å²) in [5.41, 5.74) is 4.10. The lowest BCUT2D eigenvalue weighted by molar-refractivity contribution is -0.138. The first kappa shape index (κ1) is 25.7. The molecule has 2 heterocycles. The number of hydrogen-bond acceptors (Lipinski definition) is 5. The second-order valence-electron chi connectivity index (χ2n) is 7.69. The van der Waals surface area contributed by atoms with Gasteiger partial charge in [0.05, 0.1) is 16.8 Å². The van der Waals surface area contributed by atoms with Crippen LogP contribution in [0, 0.1) is 5.82 Å². The van der Waals surface area contributed by atoms with E-state index in [9.17, 15) is 27.2 Å². The summed E-state index contributed by atoms with van der Waals surface area (Å²) in [6.07, 6.45) is -2.09. The van der Waals surface area contributed by atoms with Gasteiger partial charge in [0.2, 0.25) is 0 Å². The van der Waals surface area contributed by atoms with Crippen LogP contribution in [-0.2, 0) is 12.7 Å². The lowest BCUT2D eigenvalue weighted by Crippen LogP contribution is -2.27. The Hall–Kier alpha value is -4.38. The number of nitrogens with one attached hydrogen (secondary N) is 1. The minimum absolute atomic E-state index is 0.000247. The lowest BCUT2D eigenvalue weighted by Gasteiger charge is -2.14. The molecule has 2 aromatic carbocycles. The van der Waals surface area contributed by atoms with E-state index in [1.807, 2.05) is 0 Å². The molecule has 190 valence electrons. The molecule has 0 saturated carbocycles. The number of nitrogens with zero attached hydrogens (tertiary/aromatic N) is 2. The van der Waals surface area contributed by atoms with Crippen LogP contribution < -0.4 is 21.3 Å². The molecular formula is C25H17ClF4N4O3. The highest BCUT2D eigenvalue weighted by Crippen LogP contribution is 2.34. The fourth-order valence-corrected chi connectivity index (χ4v) is 3.56. The van der Waals surface area contributed by atoms with E-state index in [-0.39, 0.29) is 39.2 Å². The maximum Gasteiger partial charge on any atom is 0.416 e. The van der Waals surface area contributed by atoms with Gasteiger partial charge >= 0.3 is 6.18 Å². The first-order valence-electron chi connectivity index (χ1n) is 10.6. The van der Waals surface area contributed by atoms with Crippen molar-refractivity contribution in [1.29, 1.82) is 0 Å². The molecule has 37 heavy (non-hydrogen) atoms. The topological polar surface area (TPSA) is 99.2 Å². The predicted octanol–water partition coefficient (Wildman–Crippen LogP) is 5.35. The van der Waals surface area contributed by atoms with Crippen LogP contribution in [0.15, 0.2) is 77.9 Å². The van der Waals surface area contributed by atoms with Gasteiger partial charge in [0.1, 0.15) is 10.8 Å². The Balaban J connectivity index is 1.55. The van der Waals surface area contributed by atoms with Gasteiger partial charge in [-0.1, -0.05) is 29.8 Å². The number of halogens is 5. The number of carbonyl (C=O) groups is 1. The minimum Gasteiger partial charge on any atom is -0.453 e. The van der Waals surface area contributed by atoms with Gasteiger partial charge in [0, 0.05) is 37.1 Å². The molecule has 3 N–H and O–H groups in total. The third-order valence-corrected chi connectivity index (χ3v) is 5.61. The van der Waals surface area contributed by atoms with Crippen molar-refractivity contribution < 1.29 is 27.1 Å². The molecule has 0 fully saturated rings. The summed E-state index contributed by atoms with van der Waals surface area (Å²) in [5, 5.41) is 2.41. The summed E-state index contributed by atoms with van der Waals surface area (Å²) in [6.45, 7) is -0.392. The first-order valence-corrected chi connectivity index (χ1v) is 11.0. The van der Waals surface area contributed by atoms with Crippen LogP contribution >= 0.6 is 11.6 Å².